The Bertz CT molecular complexity index is 945. The first kappa shape index (κ1) is 18.7. The lowest BCUT2D eigenvalue weighted by molar-refractivity contribution is -0.127. The van der Waals surface area contributed by atoms with E-state index in [1.165, 1.54) is 12.1 Å². The highest BCUT2D eigenvalue weighted by Gasteiger charge is 2.35. The quantitative estimate of drug-likeness (QED) is 0.771. The van der Waals surface area contributed by atoms with Crippen LogP contribution in [-0.4, -0.2) is 28.5 Å². The maximum Gasteiger partial charge on any atom is 0.294 e. The van der Waals surface area contributed by atoms with Gasteiger partial charge in [-0.2, -0.15) is 0 Å². The number of nitrogens with two attached hydrogens (primary N) is 1. The number of rotatable bonds is 6. The number of primary amides is 1. The first-order valence-corrected chi connectivity index (χ1v) is 8.75. The largest absolute Gasteiger partial charge is 0.489 e. The molecule has 0 radical (unpaired) electrons. The molecule has 8 heteroatoms. The molecule has 0 spiro atoms. The summed E-state index contributed by atoms with van der Waals surface area (Å²) in [4.78, 5) is 36.0. The van der Waals surface area contributed by atoms with Crippen molar-refractivity contribution in [1.82, 2.24) is 4.90 Å². The van der Waals surface area contributed by atoms with Crippen LogP contribution in [0.4, 0.5) is 9.18 Å². The lowest BCUT2D eigenvalue weighted by Crippen LogP contribution is -2.36. The Balaban J connectivity index is 1.73. The second-order valence-electron chi connectivity index (χ2n) is 5.69. The molecule has 2 N–H and O–H groups in total. The molecule has 138 valence electrons. The predicted molar refractivity (Wildman–Crippen MR) is 99.0 cm³/mol. The van der Waals surface area contributed by atoms with Crippen LogP contribution in [0.1, 0.15) is 11.1 Å². The molecule has 0 aromatic heterocycles. The summed E-state index contributed by atoms with van der Waals surface area (Å²) in [5.74, 6) is -1.19. The number of nitrogens with zero attached hydrogens (tertiary/aromatic N) is 1. The highest BCUT2D eigenvalue weighted by atomic mass is 32.2. The molecule has 3 amide bonds. The maximum absolute atomic E-state index is 13.6. The van der Waals surface area contributed by atoms with E-state index in [1.54, 1.807) is 42.5 Å². The molecule has 2 aromatic carbocycles. The molecule has 27 heavy (non-hydrogen) atoms. The molecule has 1 heterocycles. The Kier molecular flexibility index (Phi) is 5.56. The molecule has 0 saturated carbocycles. The van der Waals surface area contributed by atoms with E-state index in [0.717, 1.165) is 16.7 Å². The summed E-state index contributed by atoms with van der Waals surface area (Å²) >= 11 is 0.737. The van der Waals surface area contributed by atoms with E-state index in [-0.39, 0.29) is 17.3 Å². The molecule has 1 aliphatic rings. The number of carbonyl (C=O) groups excluding carboxylic acids is 3. The van der Waals surface area contributed by atoms with Gasteiger partial charge in [0.1, 0.15) is 24.7 Å². The number of amides is 3. The van der Waals surface area contributed by atoms with Crippen LogP contribution in [0, 0.1) is 5.82 Å². The molecular formula is C19H15FN2O4S. The predicted octanol–water partition coefficient (Wildman–Crippen LogP) is 2.93. The number of hydrogen-bond donors (Lipinski definition) is 1. The third-order valence-corrected chi connectivity index (χ3v) is 4.60. The van der Waals surface area contributed by atoms with Crippen molar-refractivity contribution in [3.63, 3.8) is 0 Å². The third-order valence-electron chi connectivity index (χ3n) is 3.70. The van der Waals surface area contributed by atoms with Crippen molar-refractivity contribution < 1.29 is 23.5 Å². The van der Waals surface area contributed by atoms with Crippen molar-refractivity contribution in [3.05, 3.63) is 70.4 Å². The summed E-state index contributed by atoms with van der Waals surface area (Å²) in [5, 5.41) is -0.544. The molecule has 1 aliphatic heterocycles. The Morgan fingerprint density at radius 3 is 2.70 bits per heavy atom. The van der Waals surface area contributed by atoms with Crippen LogP contribution >= 0.6 is 11.8 Å². The number of hydrogen-bond acceptors (Lipinski definition) is 5. The standard InChI is InChI=1S/C19H15FN2O4S/c20-15-7-2-1-5-13(15)11-26-14-6-3-4-12(8-14)9-16-18(24)22(10-17(21)23)19(25)27-16/h1-9H,10-11H2,(H2,21,23)/b16-9-. The van der Waals surface area contributed by atoms with Gasteiger partial charge >= 0.3 is 0 Å². The Morgan fingerprint density at radius 1 is 1.19 bits per heavy atom. The van der Waals surface area contributed by atoms with Crippen molar-refractivity contribution in [2.24, 2.45) is 5.73 Å². The van der Waals surface area contributed by atoms with Gasteiger partial charge in [-0.25, -0.2) is 4.39 Å². The second-order valence-corrected chi connectivity index (χ2v) is 6.68. The van der Waals surface area contributed by atoms with Gasteiger partial charge in [-0.1, -0.05) is 30.3 Å². The van der Waals surface area contributed by atoms with Crippen LogP contribution in [0.15, 0.2) is 53.4 Å². The van der Waals surface area contributed by atoms with E-state index >= 15 is 0 Å². The first-order valence-electron chi connectivity index (χ1n) is 7.94. The van der Waals surface area contributed by atoms with E-state index in [2.05, 4.69) is 0 Å². The molecular weight excluding hydrogens is 371 g/mol. The number of benzene rings is 2. The van der Waals surface area contributed by atoms with Crippen LogP contribution in [0.2, 0.25) is 0 Å². The Morgan fingerprint density at radius 2 is 1.96 bits per heavy atom. The Labute approximate surface area is 158 Å². The van der Waals surface area contributed by atoms with Gasteiger partial charge in [-0.05, 0) is 41.6 Å². The van der Waals surface area contributed by atoms with Gasteiger partial charge in [0.2, 0.25) is 5.91 Å². The van der Waals surface area contributed by atoms with E-state index in [4.69, 9.17) is 10.5 Å². The number of carbonyl (C=O) groups is 3. The topological polar surface area (TPSA) is 89.7 Å². The van der Waals surface area contributed by atoms with Crippen LogP contribution in [0.3, 0.4) is 0 Å². The summed E-state index contributed by atoms with van der Waals surface area (Å²) in [6.45, 7) is -0.390. The SMILES string of the molecule is NC(=O)CN1C(=O)S/C(=C\c2cccc(OCc3ccccc3F)c2)C1=O. The fourth-order valence-electron chi connectivity index (χ4n) is 2.41. The van der Waals surface area contributed by atoms with Gasteiger partial charge in [-0.3, -0.25) is 19.3 Å². The highest BCUT2D eigenvalue weighted by molar-refractivity contribution is 8.18. The molecule has 0 aliphatic carbocycles. The fourth-order valence-corrected chi connectivity index (χ4v) is 3.25. The van der Waals surface area contributed by atoms with E-state index in [0.29, 0.717) is 16.9 Å². The minimum Gasteiger partial charge on any atom is -0.489 e. The normalized spacial score (nSPS) is 15.4. The molecule has 0 bridgehead atoms. The number of ether oxygens (including phenoxy) is 1. The van der Waals surface area contributed by atoms with E-state index in [1.807, 2.05) is 0 Å². The zero-order valence-electron chi connectivity index (χ0n) is 14.1. The first-order chi connectivity index (χ1) is 12.9. The number of thioether (sulfide) groups is 1. The average Bonchev–Trinajstić information content (AvgIpc) is 2.88. The molecule has 0 atom stereocenters. The second kappa shape index (κ2) is 8.05. The van der Waals surface area contributed by atoms with Crippen molar-refractivity contribution >= 4 is 34.9 Å². The minimum atomic E-state index is -0.762. The fraction of sp³-hybridized carbons (Fsp3) is 0.105. The van der Waals surface area contributed by atoms with Crippen molar-refractivity contribution in [2.75, 3.05) is 6.54 Å². The van der Waals surface area contributed by atoms with E-state index < -0.39 is 23.6 Å². The summed E-state index contributed by atoms with van der Waals surface area (Å²) in [5.41, 5.74) is 6.11. The van der Waals surface area contributed by atoms with Crippen LogP contribution < -0.4 is 10.5 Å². The van der Waals surface area contributed by atoms with Gasteiger partial charge in [0.15, 0.2) is 0 Å². The highest BCUT2D eigenvalue weighted by Crippen LogP contribution is 2.32. The maximum atomic E-state index is 13.6. The van der Waals surface area contributed by atoms with Gasteiger partial charge < -0.3 is 10.5 Å². The molecule has 6 nitrogen and oxygen atoms in total. The molecule has 3 rings (SSSR count). The lowest BCUT2D eigenvalue weighted by Gasteiger charge is -2.09. The number of halogens is 1. The van der Waals surface area contributed by atoms with Gasteiger partial charge in [0, 0.05) is 5.56 Å². The summed E-state index contributed by atoms with van der Waals surface area (Å²) in [6.07, 6.45) is 1.53. The monoisotopic (exact) mass is 386 g/mol. The van der Waals surface area contributed by atoms with Crippen molar-refractivity contribution in [1.29, 1.82) is 0 Å². The van der Waals surface area contributed by atoms with Crippen molar-refractivity contribution in [3.8, 4) is 5.75 Å². The summed E-state index contributed by atoms with van der Waals surface area (Å²) in [7, 11) is 0. The molecule has 0 unspecified atom stereocenters. The lowest BCUT2D eigenvalue weighted by atomic mass is 10.2. The molecule has 1 fully saturated rings. The minimum absolute atomic E-state index is 0.0608. The van der Waals surface area contributed by atoms with Crippen LogP contribution in [-0.2, 0) is 16.2 Å². The Hall–Kier alpha value is -3.13. The zero-order valence-corrected chi connectivity index (χ0v) is 14.9. The zero-order chi connectivity index (χ0) is 19.4. The molecule has 2 aromatic rings. The van der Waals surface area contributed by atoms with Crippen molar-refractivity contribution in [2.45, 2.75) is 6.61 Å². The van der Waals surface area contributed by atoms with Gasteiger partial charge in [-0.15, -0.1) is 0 Å². The number of imide groups is 1. The van der Waals surface area contributed by atoms with Crippen LogP contribution in [0.5, 0.6) is 5.75 Å². The average molecular weight is 386 g/mol. The third kappa shape index (κ3) is 4.53. The molecule has 1 saturated heterocycles. The van der Waals surface area contributed by atoms with Gasteiger partial charge in [0.05, 0.1) is 4.91 Å². The summed E-state index contributed by atoms with van der Waals surface area (Å²) in [6, 6.07) is 13.1. The van der Waals surface area contributed by atoms with Crippen LogP contribution in [0.25, 0.3) is 6.08 Å². The summed E-state index contributed by atoms with van der Waals surface area (Å²) < 4.78 is 19.2. The smallest absolute Gasteiger partial charge is 0.294 e. The van der Waals surface area contributed by atoms with E-state index in [9.17, 15) is 18.8 Å². The van der Waals surface area contributed by atoms with Gasteiger partial charge in [0.25, 0.3) is 11.1 Å².